The van der Waals surface area contributed by atoms with Crippen LogP contribution in [0.4, 0.5) is 0 Å². The SMILES string of the molecule is CC[C@H](C)[C@H](NC(=O)[C@H](C)NC(=O)[C@@H](N)CCC(=O)O)C(=O)N1CCC[C@@H]1C(=O)N[C@H](CCSC)C(=O)O. The van der Waals surface area contributed by atoms with Crippen molar-refractivity contribution in [3.05, 3.63) is 0 Å². The van der Waals surface area contributed by atoms with Crippen molar-refractivity contribution in [2.75, 3.05) is 18.6 Å². The van der Waals surface area contributed by atoms with Crippen molar-refractivity contribution in [3.8, 4) is 0 Å². The van der Waals surface area contributed by atoms with Crippen LogP contribution in [-0.4, -0.2) is 99.4 Å². The van der Waals surface area contributed by atoms with E-state index in [1.165, 1.54) is 23.6 Å². The molecule has 216 valence electrons. The molecular weight excluding hydrogens is 518 g/mol. The number of nitrogens with two attached hydrogens (primary N) is 1. The number of aliphatic carboxylic acids is 2. The Hall–Kier alpha value is -2.87. The molecular formula is C24H41N5O8S. The second-order valence-corrected chi connectivity index (χ2v) is 10.5. The number of carbonyl (C=O) groups excluding carboxylic acids is 4. The average Bonchev–Trinajstić information content (AvgIpc) is 3.36. The van der Waals surface area contributed by atoms with Crippen LogP contribution in [-0.2, 0) is 28.8 Å². The van der Waals surface area contributed by atoms with Gasteiger partial charge in [0.2, 0.25) is 23.6 Å². The van der Waals surface area contributed by atoms with Crippen molar-refractivity contribution in [1.82, 2.24) is 20.9 Å². The van der Waals surface area contributed by atoms with E-state index in [2.05, 4.69) is 16.0 Å². The van der Waals surface area contributed by atoms with Crippen molar-refractivity contribution in [1.29, 1.82) is 0 Å². The van der Waals surface area contributed by atoms with Gasteiger partial charge in [0, 0.05) is 13.0 Å². The van der Waals surface area contributed by atoms with Gasteiger partial charge in [-0.3, -0.25) is 24.0 Å². The zero-order valence-electron chi connectivity index (χ0n) is 22.4. The quantitative estimate of drug-likeness (QED) is 0.143. The fraction of sp³-hybridized carbons (Fsp3) is 0.750. The van der Waals surface area contributed by atoms with Crippen LogP contribution in [0, 0.1) is 5.92 Å². The lowest BCUT2D eigenvalue weighted by atomic mass is 9.97. The average molecular weight is 560 g/mol. The van der Waals surface area contributed by atoms with Gasteiger partial charge in [-0.1, -0.05) is 20.3 Å². The number of nitrogens with zero attached hydrogens (tertiary/aromatic N) is 1. The van der Waals surface area contributed by atoms with E-state index < -0.39 is 65.8 Å². The van der Waals surface area contributed by atoms with Crippen LogP contribution in [0.25, 0.3) is 0 Å². The van der Waals surface area contributed by atoms with E-state index in [1.54, 1.807) is 6.92 Å². The Morgan fingerprint density at radius 2 is 1.68 bits per heavy atom. The molecule has 38 heavy (non-hydrogen) atoms. The molecule has 1 aliphatic rings. The maximum absolute atomic E-state index is 13.5. The first kappa shape index (κ1) is 33.2. The van der Waals surface area contributed by atoms with Gasteiger partial charge in [-0.2, -0.15) is 11.8 Å². The van der Waals surface area contributed by atoms with Gasteiger partial charge >= 0.3 is 11.9 Å². The predicted octanol–water partition coefficient (Wildman–Crippen LogP) is -0.472. The van der Waals surface area contributed by atoms with Gasteiger partial charge in [0.1, 0.15) is 24.2 Å². The summed E-state index contributed by atoms with van der Waals surface area (Å²) in [4.78, 5) is 75.2. The highest BCUT2D eigenvalue weighted by Crippen LogP contribution is 2.22. The Kier molecular flexibility index (Phi) is 14.1. The van der Waals surface area contributed by atoms with Crippen LogP contribution in [0.1, 0.15) is 59.3 Å². The number of nitrogens with one attached hydrogen (secondary N) is 3. The third kappa shape index (κ3) is 10.1. The lowest BCUT2D eigenvalue weighted by molar-refractivity contribution is -0.145. The van der Waals surface area contributed by atoms with Gasteiger partial charge in [0.25, 0.3) is 0 Å². The van der Waals surface area contributed by atoms with Gasteiger partial charge in [-0.15, -0.1) is 0 Å². The molecule has 1 saturated heterocycles. The minimum Gasteiger partial charge on any atom is -0.481 e. The van der Waals surface area contributed by atoms with Crippen LogP contribution in [0.15, 0.2) is 0 Å². The Morgan fingerprint density at radius 3 is 2.24 bits per heavy atom. The summed E-state index contributed by atoms with van der Waals surface area (Å²) >= 11 is 1.46. The van der Waals surface area contributed by atoms with Gasteiger partial charge in [-0.25, -0.2) is 4.79 Å². The van der Waals surface area contributed by atoms with Crippen LogP contribution in [0.3, 0.4) is 0 Å². The Morgan fingerprint density at radius 1 is 1.03 bits per heavy atom. The monoisotopic (exact) mass is 559 g/mol. The second-order valence-electron chi connectivity index (χ2n) is 9.51. The molecule has 1 aliphatic heterocycles. The van der Waals surface area contributed by atoms with E-state index in [1.807, 2.05) is 13.2 Å². The first-order valence-electron chi connectivity index (χ1n) is 12.7. The first-order valence-corrected chi connectivity index (χ1v) is 14.1. The van der Waals surface area contributed by atoms with Gasteiger partial charge in [0.05, 0.1) is 6.04 Å². The lowest BCUT2D eigenvalue weighted by Gasteiger charge is -2.32. The highest BCUT2D eigenvalue weighted by Gasteiger charge is 2.40. The van der Waals surface area contributed by atoms with Crippen LogP contribution in [0.5, 0.6) is 0 Å². The largest absolute Gasteiger partial charge is 0.481 e. The van der Waals surface area contributed by atoms with Gasteiger partial charge in [-0.05, 0) is 50.5 Å². The third-order valence-corrected chi connectivity index (χ3v) is 7.24. The second kappa shape index (κ2) is 16.2. The molecule has 13 nitrogen and oxygen atoms in total. The fourth-order valence-electron chi connectivity index (χ4n) is 4.00. The van der Waals surface area contributed by atoms with Crippen molar-refractivity contribution >= 4 is 47.3 Å². The molecule has 0 bridgehead atoms. The normalized spacial score (nSPS) is 19.0. The van der Waals surface area contributed by atoms with E-state index in [0.717, 1.165) is 0 Å². The number of likely N-dealkylation sites (tertiary alicyclic amines) is 1. The zero-order chi connectivity index (χ0) is 29.0. The van der Waals surface area contributed by atoms with Crippen molar-refractivity contribution in [2.45, 2.75) is 89.5 Å². The smallest absolute Gasteiger partial charge is 0.326 e. The molecule has 0 radical (unpaired) electrons. The molecule has 1 fully saturated rings. The Bertz CT molecular complexity index is 873. The van der Waals surface area contributed by atoms with Crippen LogP contribution in [0.2, 0.25) is 0 Å². The summed E-state index contributed by atoms with van der Waals surface area (Å²) in [5.74, 6) is -4.33. The Labute approximate surface area is 227 Å². The zero-order valence-corrected chi connectivity index (χ0v) is 23.2. The van der Waals surface area contributed by atoms with E-state index in [9.17, 15) is 33.9 Å². The summed E-state index contributed by atoms with van der Waals surface area (Å²) < 4.78 is 0. The summed E-state index contributed by atoms with van der Waals surface area (Å²) in [6.07, 6.45) is 3.15. The molecule has 14 heteroatoms. The summed E-state index contributed by atoms with van der Waals surface area (Å²) in [6, 6.07) is -5.06. The van der Waals surface area contributed by atoms with Crippen molar-refractivity contribution in [2.24, 2.45) is 11.7 Å². The molecule has 0 aliphatic carbocycles. The van der Waals surface area contributed by atoms with Crippen LogP contribution < -0.4 is 21.7 Å². The molecule has 1 rings (SSSR count). The molecule has 0 aromatic rings. The predicted molar refractivity (Wildman–Crippen MR) is 141 cm³/mol. The van der Waals surface area contributed by atoms with E-state index in [0.29, 0.717) is 25.0 Å². The highest BCUT2D eigenvalue weighted by atomic mass is 32.2. The maximum Gasteiger partial charge on any atom is 0.326 e. The maximum atomic E-state index is 13.5. The molecule has 1 heterocycles. The number of thioether (sulfide) groups is 1. The highest BCUT2D eigenvalue weighted by molar-refractivity contribution is 7.98. The molecule has 0 aromatic heterocycles. The molecule has 0 aromatic carbocycles. The number of hydrogen-bond donors (Lipinski definition) is 6. The number of carbonyl (C=O) groups is 6. The topological polar surface area (TPSA) is 208 Å². The van der Waals surface area contributed by atoms with Gasteiger partial charge < -0.3 is 36.8 Å². The molecule has 0 spiro atoms. The summed E-state index contributed by atoms with van der Waals surface area (Å²) in [6.45, 7) is 5.33. The fourth-order valence-corrected chi connectivity index (χ4v) is 4.47. The molecule has 4 amide bonds. The molecule has 0 saturated carbocycles. The molecule has 6 atom stereocenters. The summed E-state index contributed by atoms with van der Waals surface area (Å²) in [7, 11) is 0. The van der Waals surface area contributed by atoms with E-state index in [-0.39, 0.29) is 31.7 Å². The number of hydrogen-bond acceptors (Lipinski definition) is 8. The van der Waals surface area contributed by atoms with Crippen molar-refractivity contribution < 1.29 is 39.0 Å². The number of rotatable bonds is 16. The molecule has 0 unspecified atom stereocenters. The van der Waals surface area contributed by atoms with Crippen molar-refractivity contribution in [3.63, 3.8) is 0 Å². The number of carboxylic acids is 2. The van der Waals surface area contributed by atoms with Crippen LogP contribution >= 0.6 is 11.8 Å². The first-order chi connectivity index (χ1) is 17.8. The molecule has 7 N–H and O–H groups in total. The minimum atomic E-state index is -1.15. The third-order valence-electron chi connectivity index (χ3n) is 6.60. The lowest BCUT2D eigenvalue weighted by Crippen LogP contribution is -2.59. The van der Waals surface area contributed by atoms with E-state index in [4.69, 9.17) is 10.8 Å². The number of amides is 4. The van der Waals surface area contributed by atoms with Gasteiger partial charge in [0.15, 0.2) is 0 Å². The number of carboxylic acid groups (broad SMARTS) is 2. The Balaban J connectivity index is 2.91. The summed E-state index contributed by atoms with van der Waals surface area (Å²) in [5.41, 5.74) is 5.70. The minimum absolute atomic E-state index is 0.0953. The summed E-state index contributed by atoms with van der Waals surface area (Å²) in [5, 5.41) is 25.8. The standard InChI is InChI=1S/C24H41N5O8S/c1-5-13(2)19(28-20(32)14(3)26-21(33)15(25)8-9-18(30)31)23(35)29-11-6-7-17(29)22(34)27-16(24(36)37)10-12-38-4/h13-17,19H,5-12,25H2,1-4H3,(H,26,33)(H,27,34)(H,28,32)(H,30,31)(H,36,37)/t13-,14-,15-,16+,17+,19-/m0/s1. The van der Waals surface area contributed by atoms with E-state index >= 15 is 0 Å².